The number of ketones is 2. The fraction of sp³-hybridized carbons (Fsp3) is 0.523. The monoisotopic (exact) mass is 868 g/mol. The van der Waals surface area contributed by atoms with Gasteiger partial charge in [0.05, 0.1) is 19.2 Å². The highest BCUT2D eigenvalue weighted by atomic mass is 16.5. The van der Waals surface area contributed by atoms with Crippen LogP contribution >= 0.6 is 0 Å². The number of aromatic amines is 1. The van der Waals surface area contributed by atoms with Gasteiger partial charge in [0.1, 0.15) is 30.0 Å². The van der Waals surface area contributed by atoms with Gasteiger partial charge in [-0.3, -0.25) is 28.8 Å². The molecule has 0 saturated carbocycles. The number of esters is 2. The van der Waals surface area contributed by atoms with Crippen molar-refractivity contribution >= 4 is 64.4 Å². The number of carbonyl (C=O) groups excluding carboxylic acids is 8. The number of amides is 4. The normalized spacial score (nSPS) is 14.0. The van der Waals surface area contributed by atoms with Crippen molar-refractivity contribution in [2.24, 2.45) is 5.92 Å². The molecule has 62 heavy (non-hydrogen) atoms. The summed E-state index contributed by atoms with van der Waals surface area (Å²) in [5, 5.41) is 4.78. The van der Waals surface area contributed by atoms with E-state index in [9.17, 15) is 38.4 Å². The minimum absolute atomic E-state index is 0.203. The lowest BCUT2D eigenvalue weighted by molar-refractivity contribution is -0.153. The van der Waals surface area contributed by atoms with Crippen LogP contribution in [-0.4, -0.2) is 140 Å². The number of imidazole rings is 1. The predicted octanol–water partition coefficient (Wildman–Crippen LogP) is 4.26. The Kier molecular flexibility index (Phi) is 25.3. The number of likely N-dealkylation sites (tertiary alicyclic amines) is 1. The van der Waals surface area contributed by atoms with Gasteiger partial charge in [-0.25, -0.2) is 14.6 Å². The van der Waals surface area contributed by atoms with Crippen LogP contribution in [0.3, 0.4) is 0 Å². The van der Waals surface area contributed by atoms with Gasteiger partial charge < -0.3 is 44.4 Å². The van der Waals surface area contributed by atoms with E-state index >= 15 is 0 Å². The zero-order chi connectivity index (χ0) is 46.8. The number of alkyl carbamates (subject to hydrolysis) is 1. The first-order valence-electron chi connectivity index (χ1n) is 20.5. The average Bonchev–Trinajstić information content (AvgIpc) is 3.89. The molecule has 0 radical (unpaired) electrons. The maximum absolute atomic E-state index is 13.5. The molecule has 0 spiro atoms. The van der Waals surface area contributed by atoms with Gasteiger partial charge in [0.15, 0.2) is 19.0 Å². The average molecular weight is 869 g/mol. The van der Waals surface area contributed by atoms with E-state index < -0.39 is 66.7 Å². The number of H-pyrrole nitrogens is 1. The third-order valence-electron chi connectivity index (χ3n) is 8.70. The Morgan fingerprint density at radius 1 is 1.00 bits per heavy atom. The minimum atomic E-state index is -0.920. The number of carbonyl (C=O) groups is 8. The van der Waals surface area contributed by atoms with Gasteiger partial charge in [-0.05, 0) is 56.7 Å². The summed E-state index contributed by atoms with van der Waals surface area (Å²) in [6.45, 7) is 11.9. The fourth-order valence-electron chi connectivity index (χ4n) is 6.02. The molecular formula is C44H64N6O12. The number of allylic oxidation sites excluding steroid dienone is 5. The van der Waals surface area contributed by atoms with E-state index in [1.165, 1.54) is 35.5 Å². The Morgan fingerprint density at radius 3 is 2.26 bits per heavy atom. The molecule has 18 heteroatoms. The quantitative estimate of drug-likeness (QED) is 0.0422. The topological polar surface area (TPSA) is 233 Å². The van der Waals surface area contributed by atoms with Crippen molar-refractivity contribution in [1.29, 1.82) is 0 Å². The van der Waals surface area contributed by atoms with Gasteiger partial charge in [-0.1, -0.05) is 71.4 Å². The van der Waals surface area contributed by atoms with Crippen LogP contribution in [0.5, 0.6) is 0 Å². The van der Waals surface area contributed by atoms with Crippen LogP contribution in [0.4, 0.5) is 4.79 Å². The molecule has 2 aromatic rings. The number of aryl methyl sites for hydroxylation is 1. The van der Waals surface area contributed by atoms with E-state index in [-0.39, 0.29) is 37.7 Å². The fourth-order valence-corrected chi connectivity index (χ4v) is 6.02. The summed E-state index contributed by atoms with van der Waals surface area (Å²) in [6.07, 6.45) is 10.3. The van der Waals surface area contributed by atoms with Crippen molar-refractivity contribution in [1.82, 2.24) is 30.4 Å². The number of hydrogen-bond acceptors (Lipinski definition) is 13. The first kappa shape index (κ1) is 53.8. The molecular weight excluding hydrogens is 805 g/mol. The number of nitrogens with zero attached hydrogens (tertiary/aromatic N) is 3. The first-order chi connectivity index (χ1) is 29.6. The third-order valence-corrected chi connectivity index (χ3v) is 8.70. The Labute approximate surface area is 363 Å². The van der Waals surface area contributed by atoms with Crippen molar-refractivity contribution in [3.8, 4) is 0 Å². The zero-order valence-electron chi connectivity index (χ0n) is 37.7. The highest BCUT2D eigenvalue weighted by Gasteiger charge is 2.40. The molecule has 2 atom stereocenters. The maximum Gasteiger partial charge on any atom is 0.407 e. The predicted molar refractivity (Wildman–Crippen MR) is 233 cm³/mol. The summed E-state index contributed by atoms with van der Waals surface area (Å²) in [5.74, 6) is -3.20. The number of rotatable bonds is 20. The van der Waals surface area contributed by atoms with E-state index in [0.717, 1.165) is 0 Å². The van der Waals surface area contributed by atoms with Crippen LogP contribution in [0.1, 0.15) is 89.0 Å². The van der Waals surface area contributed by atoms with Crippen molar-refractivity contribution in [3.05, 3.63) is 59.5 Å². The molecule has 1 fully saturated rings. The number of benzene rings is 1. The summed E-state index contributed by atoms with van der Waals surface area (Å²) in [4.78, 5) is 110. The van der Waals surface area contributed by atoms with Crippen LogP contribution in [0.15, 0.2) is 42.5 Å². The molecule has 1 saturated heterocycles. The Bertz CT molecular complexity index is 1920. The lowest BCUT2D eigenvalue weighted by Gasteiger charge is -2.29. The number of hydrogen-bond donors (Lipinski definition) is 3. The molecule has 3 rings (SSSR count). The molecule has 18 nitrogen and oxygen atoms in total. The SMILES string of the molecule is CCC.COC.C\C=C/C(=C\C=C\C(=O)COC(=O)CN(CCC)C(=O)CNC=O)c1ccc(C(=O)COC(=O)C2CCCN2C(=O)C(NC(=O)OC)C(C)C)c2nc(C)[nH]c12. The van der Waals surface area contributed by atoms with Crippen LogP contribution < -0.4 is 10.6 Å². The lowest BCUT2D eigenvalue weighted by atomic mass is 9.99. The molecule has 1 aromatic carbocycles. The van der Waals surface area contributed by atoms with Crippen molar-refractivity contribution in [2.45, 2.75) is 86.2 Å². The number of fused-ring (bicyclic) bond motifs is 1. The highest BCUT2D eigenvalue weighted by molar-refractivity contribution is 6.10. The third kappa shape index (κ3) is 17.4. The number of methoxy groups -OCH3 is 2. The smallest absolute Gasteiger partial charge is 0.407 e. The first-order valence-corrected chi connectivity index (χ1v) is 20.5. The summed E-state index contributed by atoms with van der Waals surface area (Å²) in [6, 6.07) is 1.43. The van der Waals surface area contributed by atoms with Gasteiger partial charge in [-0.15, -0.1) is 0 Å². The van der Waals surface area contributed by atoms with Crippen LogP contribution in [0.25, 0.3) is 16.6 Å². The molecule has 0 bridgehead atoms. The molecule has 342 valence electrons. The van der Waals surface area contributed by atoms with E-state index in [1.807, 2.05) is 13.8 Å². The highest BCUT2D eigenvalue weighted by Crippen LogP contribution is 2.28. The molecule has 1 aliphatic rings. The summed E-state index contributed by atoms with van der Waals surface area (Å²) >= 11 is 0. The van der Waals surface area contributed by atoms with Crippen LogP contribution in [-0.2, 0) is 47.7 Å². The van der Waals surface area contributed by atoms with Gasteiger partial charge >= 0.3 is 18.0 Å². The van der Waals surface area contributed by atoms with Gasteiger partial charge in [-0.2, -0.15) is 0 Å². The van der Waals surface area contributed by atoms with E-state index in [2.05, 4.69) is 43.9 Å². The molecule has 1 aliphatic heterocycles. The van der Waals surface area contributed by atoms with Gasteiger partial charge in [0, 0.05) is 38.4 Å². The van der Waals surface area contributed by atoms with Crippen LogP contribution in [0.2, 0.25) is 0 Å². The molecule has 0 aliphatic carbocycles. The summed E-state index contributed by atoms with van der Waals surface area (Å²) in [7, 11) is 4.44. The van der Waals surface area contributed by atoms with Gasteiger partial charge in [0.25, 0.3) is 0 Å². The lowest BCUT2D eigenvalue weighted by Crippen LogP contribution is -2.54. The minimum Gasteiger partial charge on any atom is -0.456 e. The summed E-state index contributed by atoms with van der Waals surface area (Å²) < 4.78 is 19.4. The van der Waals surface area contributed by atoms with E-state index in [0.29, 0.717) is 53.7 Å². The second-order valence-electron chi connectivity index (χ2n) is 14.3. The second-order valence-corrected chi connectivity index (χ2v) is 14.3. The Hall–Kier alpha value is -6.17. The van der Waals surface area contributed by atoms with E-state index in [4.69, 9.17) is 9.47 Å². The number of aromatic nitrogens is 2. The van der Waals surface area contributed by atoms with Crippen LogP contribution in [0, 0.1) is 12.8 Å². The second kappa shape index (κ2) is 29.1. The molecule has 3 N–H and O–H groups in total. The van der Waals surface area contributed by atoms with Crippen molar-refractivity contribution in [3.63, 3.8) is 0 Å². The maximum atomic E-state index is 13.5. The Balaban J connectivity index is 0.00000302. The van der Waals surface area contributed by atoms with E-state index in [1.54, 1.807) is 65.4 Å². The Morgan fingerprint density at radius 2 is 1.66 bits per heavy atom. The largest absolute Gasteiger partial charge is 0.456 e. The zero-order valence-corrected chi connectivity index (χ0v) is 37.7. The standard InChI is InChI=1S/C39H50N6O11.C3H8.C2H6O/c1-7-11-26(12-9-13-27(47)21-55-33(50)20-44(17-8-2)32(49)19-40-23-46)28-15-16-29(36-35(28)41-25(5)42-36)31(48)22-56-38(52)30-14-10-18-45(30)37(51)34(24(3)4)43-39(53)54-6;2*1-3-2/h7,9,11-13,15-16,23-24,30,34H,8,10,14,17-22H2,1-6H3,(H,40,46)(H,41,42)(H,43,53);3H2,1-2H3;1-2H3/b11-7-,13-9+,26-12+;;. The molecule has 2 heterocycles. The van der Waals surface area contributed by atoms with Crippen molar-refractivity contribution in [2.75, 3.05) is 60.7 Å². The molecule has 4 amide bonds. The number of ether oxygens (including phenoxy) is 4. The number of nitrogens with one attached hydrogen (secondary N) is 3. The molecule has 2 unspecified atom stereocenters. The van der Waals surface area contributed by atoms with Crippen molar-refractivity contribution < 1.29 is 57.3 Å². The summed E-state index contributed by atoms with van der Waals surface area (Å²) in [5.41, 5.74) is 2.37. The number of Topliss-reactive ketones (excluding diaryl/α,β-unsaturated/α-hetero) is 1. The van der Waals surface area contributed by atoms with Gasteiger partial charge in [0.2, 0.25) is 24.0 Å². The molecule has 1 aromatic heterocycles.